The number of aryl methyl sites for hydroxylation is 1. The van der Waals surface area contributed by atoms with Gasteiger partial charge in [0.1, 0.15) is 11.5 Å². The highest BCUT2D eigenvalue weighted by Crippen LogP contribution is 2.22. The molecule has 8 heteroatoms. The summed E-state index contributed by atoms with van der Waals surface area (Å²) >= 11 is 0. The summed E-state index contributed by atoms with van der Waals surface area (Å²) in [5.41, 5.74) is 2.00. The first-order valence-electron chi connectivity index (χ1n) is 11.4. The van der Waals surface area contributed by atoms with Crippen LogP contribution in [0.25, 0.3) is 11.4 Å². The average molecular weight is 451 g/mol. The number of benzene rings is 2. The molecule has 0 unspecified atom stereocenters. The van der Waals surface area contributed by atoms with Crippen molar-refractivity contribution in [2.24, 2.45) is 0 Å². The highest BCUT2D eigenvalue weighted by Gasteiger charge is 2.20. The lowest BCUT2D eigenvalue weighted by molar-refractivity contribution is -0.131. The van der Waals surface area contributed by atoms with Gasteiger partial charge >= 0.3 is 0 Å². The normalized spacial score (nSPS) is 14.1. The summed E-state index contributed by atoms with van der Waals surface area (Å²) in [5, 5.41) is 4.06. The Kier molecular flexibility index (Phi) is 7.44. The SMILES string of the molecule is CCOc1ccc(-c2noc(CCC(=O)N3CCCN(c4ccc(OC)cc4)CC3)n2)cc1. The van der Waals surface area contributed by atoms with E-state index in [0.717, 1.165) is 48.8 Å². The Hall–Kier alpha value is -3.55. The van der Waals surface area contributed by atoms with E-state index in [1.807, 2.05) is 48.2 Å². The molecule has 8 nitrogen and oxygen atoms in total. The lowest BCUT2D eigenvalue weighted by Crippen LogP contribution is -2.35. The number of rotatable bonds is 8. The van der Waals surface area contributed by atoms with Crippen LogP contribution in [0.5, 0.6) is 11.5 Å². The van der Waals surface area contributed by atoms with Gasteiger partial charge in [0.05, 0.1) is 13.7 Å². The van der Waals surface area contributed by atoms with E-state index >= 15 is 0 Å². The number of hydrogen-bond donors (Lipinski definition) is 0. The fourth-order valence-electron chi connectivity index (χ4n) is 3.93. The topological polar surface area (TPSA) is 80.9 Å². The fraction of sp³-hybridized carbons (Fsp3) is 0.400. The van der Waals surface area contributed by atoms with E-state index in [0.29, 0.717) is 37.7 Å². The Labute approximate surface area is 194 Å². The van der Waals surface area contributed by atoms with Crippen molar-refractivity contribution in [3.8, 4) is 22.9 Å². The molecule has 1 aliphatic heterocycles. The molecule has 1 aliphatic rings. The van der Waals surface area contributed by atoms with Gasteiger partial charge in [-0.25, -0.2) is 0 Å². The maximum absolute atomic E-state index is 12.8. The third-order valence-corrected chi connectivity index (χ3v) is 5.73. The van der Waals surface area contributed by atoms with Gasteiger partial charge in [0.15, 0.2) is 0 Å². The molecular weight excluding hydrogens is 420 g/mol. The molecule has 1 amide bonds. The number of carbonyl (C=O) groups excluding carboxylic acids is 1. The number of methoxy groups -OCH3 is 1. The predicted molar refractivity (Wildman–Crippen MR) is 126 cm³/mol. The van der Waals surface area contributed by atoms with E-state index in [9.17, 15) is 4.79 Å². The van der Waals surface area contributed by atoms with Gasteiger partial charge in [-0.2, -0.15) is 4.98 Å². The molecule has 0 atom stereocenters. The number of ether oxygens (including phenoxy) is 2. The Morgan fingerprint density at radius 3 is 2.48 bits per heavy atom. The second-order valence-electron chi connectivity index (χ2n) is 7.89. The van der Waals surface area contributed by atoms with Crippen LogP contribution in [0.15, 0.2) is 53.1 Å². The molecule has 0 radical (unpaired) electrons. The standard InChI is InChI=1S/C25H30N4O4/c1-3-32-22-9-5-19(6-10-22)25-26-23(33-27-25)13-14-24(30)29-16-4-15-28(17-18-29)20-7-11-21(31-2)12-8-20/h5-12H,3-4,13-18H2,1-2H3. The zero-order valence-corrected chi connectivity index (χ0v) is 19.2. The monoisotopic (exact) mass is 450 g/mol. The second kappa shape index (κ2) is 10.8. The van der Waals surface area contributed by atoms with Gasteiger partial charge in [0, 0.05) is 50.3 Å². The van der Waals surface area contributed by atoms with Crippen LogP contribution in [0.1, 0.15) is 25.7 Å². The zero-order chi connectivity index (χ0) is 23.0. The second-order valence-corrected chi connectivity index (χ2v) is 7.89. The highest BCUT2D eigenvalue weighted by molar-refractivity contribution is 5.76. The van der Waals surface area contributed by atoms with Gasteiger partial charge in [0.25, 0.3) is 0 Å². The minimum absolute atomic E-state index is 0.118. The van der Waals surface area contributed by atoms with Crippen LogP contribution in [-0.4, -0.2) is 60.8 Å². The van der Waals surface area contributed by atoms with Gasteiger partial charge in [-0.05, 0) is 61.9 Å². The van der Waals surface area contributed by atoms with Crippen molar-refractivity contribution in [3.63, 3.8) is 0 Å². The predicted octanol–water partition coefficient (Wildman–Crippen LogP) is 3.82. The largest absolute Gasteiger partial charge is 0.497 e. The molecule has 33 heavy (non-hydrogen) atoms. The van der Waals surface area contributed by atoms with Crippen molar-refractivity contribution < 1.29 is 18.8 Å². The fourth-order valence-corrected chi connectivity index (χ4v) is 3.93. The van der Waals surface area contributed by atoms with Gasteiger partial charge in [-0.1, -0.05) is 5.16 Å². The van der Waals surface area contributed by atoms with Crippen molar-refractivity contribution in [1.82, 2.24) is 15.0 Å². The minimum atomic E-state index is 0.118. The van der Waals surface area contributed by atoms with Crippen LogP contribution < -0.4 is 14.4 Å². The first-order valence-corrected chi connectivity index (χ1v) is 11.4. The molecule has 174 valence electrons. The van der Waals surface area contributed by atoms with E-state index in [1.54, 1.807) is 7.11 Å². The van der Waals surface area contributed by atoms with Crippen molar-refractivity contribution in [2.75, 3.05) is 44.8 Å². The molecule has 0 saturated carbocycles. The number of aromatic nitrogens is 2. The van der Waals surface area contributed by atoms with Crippen LogP contribution in [0.3, 0.4) is 0 Å². The van der Waals surface area contributed by atoms with E-state index in [2.05, 4.69) is 27.2 Å². The Bertz CT molecular complexity index is 1030. The van der Waals surface area contributed by atoms with Gasteiger partial charge in [0.2, 0.25) is 17.6 Å². The molecule has 4 rings (SSSR count). The van der Waals surface area contributed by atoms with Crippen molar-refractivity contribution in [3.05, 3.63) is 54.4 Å². The summed E-state index contributed by atoms with van der Waals surface area (Å²) in [6.07, 6.45) is 1.72. The third-order valence-electron chi connectivity index (χ3n) is 5.73. The molecule has 0 aliphatic carbocycles. The van der Waals surface area contributed by atoms with E-state index in [1.165, 1.54) is 0 Å². The molecule has 3 aromatic rings. The summed E-state index contributed by atoms with van der Waals surface area (Å²) in [4.78, 5) is 21.5. The summed E-state index contributed by atoms with van der Waals surface area (Å²) in [6, 6.07) is 15.6. The Morgan fingerprint density at radius 1 is 1.00 bits per heavy atom. The van der Waals surface area contributed by atoms with E-state index < -0.39 is 0 Å². The van der Waals surface area contributed by atoms with Crippen molar-refractivity contribution in [2.45, 2.75) is 26.2 Å². The first kappa shape index (κ1) is 22.6. The number of nitrogens with zero attached hydrogens (tertiary/aromatic N) is 4. The maximum atomic E-state index is 12.8. The van der Waals surface area contributed by atoms with E-state index in [4.69, 9.17) is 14.0 Å². The maximum Gasteiger partial charge on any atom is 0.227 e. The van der Waals surface area contributed by atoms with Crippen LogP contribution >= 0.6 is 0 Å². The zero-order valence-electron chi connectivity index (χ0n) is 19.2. The van der Waals surface area contributed by atoms with Crippen LogP contribution in [0.4, 0.5) is 5.69 Å². The molecule has 0 bridgehead atoms. The van der Waals surface area contributed by atoms with Crippen LogP contribution in [0.2, 0.25) is 0 Å². The van der Waals surface area contributed by atoms with Gasteiger partial charge < -0.3 is 23.8 Å². The van der Waals surface area contributed by atoms with Crippen LogP contribution in [-0.2, 0) is 11.2 Å². The first-order chi connectivity index (χ1) is 16.2. The minimum Gasteiger partial charge on any atom is -0.497 e. The number of amides is 1. The molecule has 0 N–H and O–H groups in total. The highest BCUT2D eigenvalue weighted by atomic mass is 16.5. The van der Waals surface area contributed by atoms with Gasteiger partial charge in [-0.15, -0.1) is 0 Å². The summed E-state index contributed by atoms with van der Waals surface area (Å²) in [6.45, 7) is 5.75. The molecule has 1 fully saturated rings. The summed E-state index contributed by atoms with van der Waals surface area (Å²) < 4.78 is 16.1. The molecular formula is C25H30N4O4. The molecule has 2 aromatic carbocycles. The Morgan fingerprint density at radius 2 is 1.76 bits per heavy atom. The third kappa shape index (κ3) is 5.83. The smallest absolute Gasteiger partial charge is 0.227 e. The molecule has 0 spiro atoms. The lowest BCUT2D eigenvalue weighted by Gasteiger charge is -2.24. The molecule has 1 aromatic heterocycles. The molecule has 1 saturated heterocycles. The molecule has 2 heterocycles. The average Bonchev–Trinajstić information content (AvgIpc) is 3.19. The summed E-state index contributed by atoms with van der Waals surface area (Å²) in [7, 11) is 1.67. The number of hydrogen-bond acceptors (Lipinski definition) is 7. The lowest BCUT2D eigenvalue weighted by atomic mass is 10.2. The van der Waals surface area contributed by atoms with E-state index in [-0.39, 0.29) is 5.91 Å². The summed E-state index contributed by atoms with van der Waals surface area (Å²) in [5.74, 6) is 2.76. The Balaban J connectivity index is 1.28. The van der Waals surface area contributed by atoms with Crippen molar-refractivity contribution >= 4 is 11.6 Å². The quantitative estimate of drug-likeness (QED) is 0.516. The number of anilines is 1. The van der Waals surface area contributed by atoms with Crippen molar-refractivity contribution in [1.29, 1.82) is 0 Å². The number of carbonyl (C=O) groups is 1. The van der Waals surface area contributed by atoms with Gasteiger partial charge in [-0.3, -0.25) is 4.79 Å². The van der Waals surface area contributed by atoms with Crippen LogP contribution in [0, 0.1) is 0 Å².